The van der Waals surface area contributed by atoms with Gasteiger partial charge in [0.2, 0.25) is 11.8 Å². The summed E-state index contributed by atoms with van der Waals surface area (Å²) in [7, 11) is 0. The molecule has 0 radical (unpaired) electrons. The van der Waals surface area contributed by atoms with Crippen LogP contribution in [0.3, 0.4) is 0 Å². The second-order valence-electron chi connectivity index (χ2n) is 9.63. The lowest BCUT2D eigenvalue weighted by Crippen LogP contribution is -2.41. The molecule has 8 heteroatoms. The van der Waals surface area contributed by atoms with Crippen LogP contribution in [0.5, 0.6) is 0 Å². The molecule has 1 heterocycles. The average Bonchev–Trinajstić information content (AvgIpc) is 3.53. The number of benzene rings is 2. The SMILES string of the molecule is Cc1ccc(NC(=O)C2(C(=O)Nc3ccc(C4CCCC5NNC(N)C54)c(F)c3)CC2)cc1. The number of fused-ring (bicyclic) bond motifs is 1. The van der Waals surface area contributed by atoms with E-state index in [0.717, 1.165) is 24.8 Å². The molecule has 2 aromatic rings. The number of hydrazine groups is 1. The number of nitrogens with one attached hydrogen (secondary N) is 4. The molecule has 4 atom stereocenters. The molecule has 174 valence electrons. The van der Waals surface area contributed by atoms with Crippen molar-refractivity contribution in [1.82, 2.24) is 10.9 Å². The Kier molecular flexibility index (Phi) is 5.68. The van der Waals surface area contributed by atoms with Crippen molar-refractivity contribution in [2.24, 2.45) is 17.1 Å². The topological polar surface area (TPSA) is 108 Å². The molecule has 7 nitrogen and oxygen atoms in total. The zero-order valence-electron chi connectivity index (χ0n) is 18.7. The summed E-state index contributed by atoms with van der Waals surface area (Å²) in [5.74, 6) is -0.950. The Bertz CT molecular complexity index is 1070. The third-order valence-corrected chi connectivity index (χ3v) is 7.40. The van der Waals surface area contributed by atoms with Gasteiger partial charge in [-0.05, 0) is 68.4 Å². The van der Waals surface area contributed by atoms with Gasteiger partial charge in [0, 0.05) is 23.3 Å². The maximum absolute atomic E-state index is 15.1. The lowest BCUT2D eigenvalue weighted by molar-refractivity contribution is -0.131. The maximum atomic E-state index is 15.1. The summed E-state index contributed by atoms with van der Waals surface area (Å²) in [6.07, 6.45) is 3.62. The first-order valence-electron chi connectivity index (χ1n) is 11.6. The highest BCUT2D eigenvalue weighted by atomic mass is 19.1. The van der Waals surface area contributed by atoms with Crippen molar-refractivity contribution < 1.29 is 14.0 Å². The quantitative estimate of drug-likeness (QED) is 0.449. The Morgan fingerprint density at radius 1 is 1.00 bits per heavy atom. The molecular formula is C25H30FN5O2. The molecule has 3 fully saturated rings. The molecule has 5 rings (SSSR count). The van der Waals surface area contributed by atoms with Crippen molar-refractivity contribution in [2.45, 2.75) is 57.2 Å². The lowest BCUT2D eigenvalue weighted by atomic mass is 9.72. The molecule has 3 aliphatic rings. The van der Waals surface area contributed by atoms with Crippen LogP contribution < -0.4 is 27.2 Å². The van der Waals surface area contributed by atoms with Gasteiger partial charge < -0.3 is 16.4 Å². The summed E-state index contributed by atoms with van der Waals surface area (Å²) < 4.78 is 15.1. The fourth-order valence-corrected chi connectivity index (χ4v) is 5.28. The largest absolute Gasteiger partial charge is 0.325 e. The highest BCUT2D eigenvalue weighted by Gasteiger charge is 2.56. The number of anilines is 2. The summed E-state index contributed by atoms with van der Waals surface area (Å²) in [4.78, 5) is 25.8. The molecule has 2 amide bonds. The number of rotatable bonds is 5. The van der Waals surface area contributed by atoms with E-state index in [4.69, 9.17) is 5.73 Å². The lowest BCUT2D eigenvalue weighted by Gasteiger charge is -2.35. The van der Waals surface area contributed by atoms with Crippen LogP contribution in [0.15, 0.2) is 42.5 Å². The van der Waals surface area contributed by atoms with Crippen molar-refractivity contribution in [2.75, 3.05) is 10.6 Å². The molecule has 0 bridgehead atoms. The second-order valence-corrected chi connectivity index (χ2v) is 9.63. The third kappa shape index (κ3) is 4.14. The zero-order chi connectivity index (χ0) is 23.2. The predicted octanol–water partition coefficient (Wildman–Crippen LogP) is 3.14. The fourth-order valence-electron chi connectivity index (χ4n) is 5.28. The van der Waals surface area contributed by atoms with Gasteiger partial charge in [-0.2, -0.15) is 0 Å². The normalized spacial score (nSPS) is 27.5. The van der Waals surface area contributed by atoms with Crippen molar-refractivity contribution in [3.63, 3.8) is 0 Å². The number of hydrogen-bond acceptors (Lipinski definition) is 5. The Labute approximate surface area is 192 Å². The van der Waals surface area contributed by atoms with E-state index in [1.54, 1.807) is 12.1 Å². The molecule has 2 aromatic carbocycles. The third-order valence-electron chi connectivity index (χ3n) is 7.40. The smallest absolute Gasteiger partial charge is 0.240 e. The highest BCUT2D eigenvalue weighted by molar-refractivity contribution is 6.16. The molecule has 6 N–H and O–H groups in total. The minimum absolute atomic E-state index is 0.0149. The molecule has 4 unspecified atom stereocenters. The van der Waals surface area contributed by atoms with Crippen LogP contribution in [-0.2, 0) is 9.59 Å². The first kappa shape index (κ1) is 22.0. The Morgan fingerprint density at radius 2 is 1.67 bits per heavy atom. The number of hydrogen-bond donors (Lipinski definition) is 5. The van der Waals surface area contributed by atoms with Crippen LogP contribution in [-0.4, -0.2) is 24.0 Å². The van der Waals surface area contributed by atoms with Gasteiger partial charge in [-0.15, -0.1) is 0 Å². The van der Waals surface area contributed by atoms with Crippen LogP contribution >= 0.6 is 0 Å². The van der Waals surface area contributed by atoms with Crippen molar-refractivity contribution in [3.05, 3.63) is 59.4 Å². The number of carbonyl (C=O) groups excluding carboxylic acids is 2. The molecule has 0 spiro atoms. The number of nitrogens with two attached hydrogens (primary N) is 1. The number of carbonyl (C=O) groups is 2. The fraction of sp³-hybridized carbons (Fsp3) is 0.440. The number of halogens is 1. The van der Waals surface area contributed by atoms with Crippen LogP contribution in [0.2, 0.25) is 0 Å². The van der Waals surface area contributed by atoms with E-state index in [1.165, 1.54) is 6.07 Å². The summed E-state index contributed by atoms with van der Waals surface area (Å²) in [5.41, 5.74) is 14.1. The molecule has 0 aromatic heterocycles. The molecule has 2 saturated carbocycles. The van der Waals surface area contributed by atoms with Crippen molar-refractivity contribution >= 4 is 23.2 Å². The first-order valence-corrected chi connectivity index (χ1v) is 11.6. The summed E-state index contributed by atoms with van der Waals surface area (Å²) in [5, 5.41) is 5.59. The Hall–Kier alpha value is -2.81. The van der Waals surface area contributed by atoms with Gasteiger partial charge in [0.1, 0.15) is 11.2 Å². The molecule has 1 aliphatic heterocycles. The van der Waals surface area contributed by atoms with E-state index in [-0.39, 0.29) is 35.8 Å². The van der Waals surface area contributed by atoms with E-state index >= 15 is 4.39 Å². The van der Waals surface area contributed by atoms with Crippen LogP contribution in [0.25, 0.3) is 0 Å². The van der Waals surface area contributed by atoms with E-state index in [0.29, 0.717) is 29.8 Å². The van der Waals surface area contributed by atoms with Crippen LogP contribution in [0.4, 0.5) is 15.8 Å². The Morgan fingerprint density at radius 3 is 2.33 bits per heavy atom. The van der Waals surface area contributed by atoms with Crippen LogP contribution in [0.1, 0.15) is 49.1 Å². The van der Waals surface area contributed by atoms with E-state index < -0.39 is 11.3 Å². The van der Waals surface area contributed by atoms with E-state index in [9.17, 15) is 9.59 Å². The molecule has 2 aliphatic carbocycles. The van der Waals surface area contributed by atoms with Gasteiger partial charge in [0.25, 0.3) is 0 Å². The average molecular weight is 452 g/mol. The van der Waals surface area contributed by atoms with Crippen molar-refractivity contribution in [1.29, 1.82) is 0 Å². The first-order chi connectivity index (χ1) is 15.9. The van der Waals surface area contributed by atoms with Crippen molar-refractivity contribution in [3.8, 4) is 0 Å². The minimum atomic E-state index is -1.11. The van der Waals surface area contributed by atoms with Gasteiger partial charge in [-0.25, -0.2) is 9.82 Å². The zero-order valence-corrected chi connectivity index (χ0v) is 18.7. The van der Waals surface area contributed by atoms with Gasteiger partial charge >= 0.3 is 0 Å². The molecule has 1 saturated heterocycles. The Balaban J connectivity index is 1.28. The van der Waals surface area contributed by atoms with Gasteiger partial charge in [-0.3, -0.25) is 15.0 Å². The summed E-state index contributed by atoms with van der Waals surface area (Å²) >= 11 is 0. The standard InChI is InChI=1S/C25H30FN5O2/c1-14-5-7-15(8-6-14)28-23(32)25(11-12-25)24(33)29-16-9-10-17(19(26)13-16)18-3-2-4-20-21(18)22(27)31-30-20/h5-10,13,18,20-22,30-31H,2-4,11-12,27H2,1H3,(H,28,32)(H,29,33). The van der Waals surface area contributed by atoms with E-state index in [2.05, 4.69) is 21.5 Å². The predicted molar refractivity (Wildman–Crippen MR) is 125 cm³/mol. The highest BCUT2D eigenvalue weighted by Crippen LogP contribution is 2.48. The number of amides is 2. The van der Waals surface area contributed by atoms with E-state index in [1.807, 2.05) is 31.2 Å². The van der Waals surface area contributed by atoms with Crippen LogP contribution in [0, 0.1) is 24.1 Å². The molecular weight excluding hydrogens is 421 g/mol. The minimum Gasteiger partial charge on any atom is -0.325 e. The summed E-state index contributed by atoms with van der Waals surface area (Å²) in [6.45, 7) is 1.97. The monoisotopic (exact) mass is 451 g/mol. The van der Waals surface area contributed by atoms with Gasteiger partial charge in [0.05, 0.1) is 6.17 Å². The molecule has 33 heavy (non-hydrogen) atoms. The van der Waals surface area contributed by atoms with Gasteiger partial charge in [0.15, 0.2) is 0 Å². The number of aryl methyl sites for hydroxylation is 1. The maximum Gasteiger partial charge on any atom is 0.240 e. The van der Waals surface area contributed by atoms with Gasteiger partial charge in [-0.1, -0.05) is 30.2 Å². The second kappa shape index (κ2) is 8.52. The summed E-state index contributed by atoms with van der Waals surface area (Å²) in [6, 6.07) is 12.5.